The maximum atomic E-state index is 15.0. The molecule has 0 radical (unpaired) electrons. The number of amides is 1. The van der Waals surface area contributed by atoms with Crippen molar-refractivity contribution in [2.75, 3.05) is 0 Å². The second kappa shape index (κ2) is 14.7. The van der Waals surface area contributed by atoms with Crippen molar-refractivity contribution < 1.29 is 9.00 Å². The second-order valence-electron chi connectivity index (χ2n) is 11.5. The molecule has 0 bridgehead atoms. The molecule has 7 rings (SSSR count). The highest BCUT2D eigenvalue weighted by Gasteiger charge is 2.34. The van der Waals surface area contributed by atoms with E-state index < -0.39 is 30.0 Å². The zero-order valence-electron chi connectivity index (χ0n) is 26.2. The van der Waals surface area contributed by atoms with Gasteiger partial charge in [-0.1, -0.05) is 176 Å². The van der Waals surface area contributed by atoms with Crippen molar-refractivity contribution >= 4 is 51.3 Å². The molecule has 0 aliphatic heterocycles. The summed E-state index contributed by atoms with van der Waals surface area (Å²) in [5, 5.41) is 8.13. The Bertz CT molecular complexity index is 2110. The summed E-state index contributed by atoms with van der Waals surface area (Å²) in [6, 6.07) is 61.9. The number of carbonyl (C=O) groups excluding carboxylic acids is 1. The highest BCUT2D eigenvalue weighted by atomic mass is 32.2. The first-order valence-electron chi connectivity index (χ1n) is 16.0. The van der Waals surface area contributed by atoms with Gasteiger partial charge in [-0.25, -0.2) is 0 Å². The van der Waals surface area contributed by atoms with E-state index in [0.29, 0.717) is 5.56 Å². The first-order valence-corrected chi connectivity index (χ1v) is 18.5. The Morgan fingerprint density at radius 2 is 1.02 bits per heavy atom. The van der Waals surface area contributed by atoms with Gasteiger partial charge in [-0.05, 0) is 57.9 Å². The molecular formula is C43H34NO2PS. The van der Waals surface area contributed by atoms with Crippen molar-refractivity contribution in [3.8, 4) is 0 Å². The molecule has 0 saturated heterocycles. The van der Waals surface area contributed by atoms with Crippen LogP contribution in [0.1, 0.15) is 32.8 Å². The van der Waals surface area contributed by atoms with Crippen molar-refractivity contribution in [1.29, 1.82) is 0 Å². The normalized spacial score (nSPS) is 13.1. The lowest BCUT2D eigenvalue weighted by molar-refractivity contribution is 0.0937. The fourth-order valence-electron chi connectivity index (χ4n) is 6.25. The van der Waals surface area contributed by atoms with Crippen LogP contribution < -0.4 is 21.2 Å². The van der Waals surface area contributed by atoms with E-state index in [1.165, 1.54) is 0 Å². The van der Waals surface area contributed by atoms with Crippen molar-refractivity contribution in [3.63, 3.8) is 0 Å². The third-order valence-electron chi connectivity index (χ3n) is 8.49. The van der Waals surface area contributed by atoms with Crippen LogP contribution in [0.4, 0.5) is 0 Å². The number of carbonyl (C=O) groups is 1. The predicted molar refractivity (Wildman–Crippen MR) is 201 cm³/mol. The predicted octanol–water partition coefficient (Wildman–Crippen LogP) is 8.62. The fraction of sp³-hybridized carbons (Fsp3) is 0.0465. The van der Waals surface area contributed by atoms with E-state index in [0.717, 1.165) is 42.7 Å². The van der Waals surface area contributed by atoms with Crippen LogP contribution in [0.5, 0.6) is 0 Å². The molecule has 7 aromatic carbocycles. The van der Waals surface area contributed by atoms with Crippen molar-refractivity contribution in [2.45, 2.75) is 16.2 Å². The van der Waals surface area contributed by atoms with Crippen LogP contribution in [0.15, 0.2) is 193 Å². The van der Waals surface area contributed by atoms with Gasteiger partial charge in [-0.15, -0.1) is 0 Å². The van der Waals surface area contributed by atoms with Crippen molar-refractivity contribution in [1.82, 2.24) is 5.32 Å². The van der Waals surface area contributed by atoms with E-state index in [4.69, 9.17) is 0 Å². The Labute approximate surface area is 285 Å². The van der Waals surface area contributed by atoms with E-state index >= 15 is 4.21 Å². The fourth-order valence-corrected chi connectivity index (χ4v) is 10.5. The Hall–Kier alpha value is -5.15. The maximum absolute atomic E-state index is 15.0. The molecule has 0 aliphatic carbocycles. The van der Waals surface area contributed by atoms with Crippen LogP contribution in [0.2, 0.25) is 0 Å². The molecule has 48 heavy (non-hydrogen) atoms. The number of hydrogen-bond donors (Lipinski definition) is 1. The minimum absolute atomic E-state index is 0.199. The molecule has 0 fully saturated rings. The summed E-state index contributed by atoms with van der Waals surface area (Å²) < 4.78 is 15.0. The summed E-state index contributed by atoms with van der Waals surface area (Å²) in [6.07, 6.45) is 0. The lowest BCUT2D eigenvalue weighted by Gasteiger charge is -2.30. The smallest absolute Gasteiger partial charge is 0.252 e. The van der Waals surface area contributed by atoms with Gasteiger partial charge < -0.3 is 5.32 Å². The summed E-state index contributed by atoms with van der Waals surface area (Å²) in [4.78, 5) is 15.5. The zero-order valence-corrected chi connectivity index (χ0v) is 27.9. The van der Waals surface area contributed by atoms with Crippen molar-refractivity contribution in [3.05, 3.63) is 205 Å². The minimum Gasteiger partial charge on any atom is -0.344 e. The van der Waals surface area contributed by atoms with Gasteiger partial charge in [0.05, 0.1) is 22.1 Å². The quantitative estimate of drug-likeness (QED) is 0.150. The molecule has 0 spiro atoms. The molecule has 1 amide bonds. The average molecular weight is 660 g/mol. The maximum Gasteiger partial charge on any atom is 0.252 e. The van der Waals surface area contributed by atoms with Gasteiger partial charge >= 0.3 is 0 Å². The molecule has 7 aromatic rings. The molecule has 0 saturated carbocycles. The monoisotopic (exact) mass is 659 g/mol. The van der Waals surface area contributed by atoms with Gasteiger partial charge in [0.25, 0.3) is 5.91 Å². The molecule has 1 unspecified atom stereocenters. The number of hydrogen-bond acceptors (Lipinski definition) is 2. The molecule has 1 N–H and O–H groups in total. The van der Waals surface area contributed by atoms with Crippen molar-refractivity contribution in [2.24, 2.45) is 0 Å². The van der Waals surface area contributed by atoms with Crippen LogP contribution in [0.3, 0.4) is 0 Å². The zero-order chi connectivity index (χ0) is 32.7. The number of fused-ring (bicyclic) bond motifs is 1. The van der Waals surface area contributed by atoms with Gasteiger partial charge in [0.15, 0.2) is 0 Å². The van der Waals surface area contributed by atoms with E-state index in [1.807, 2.05) is 133 Å². The average Bonchev–Trinajstić information content (AvgIpc) is 3.16. The van der Waals surface area contributed by atoms with Gasteiger partial charge in [0.2, 0.25) is 0 Å². The summed E-state index contributed by atoms with van der Waals surface area (Å²) in [7, 11) is -2.56. The molecular weight excluding hydrogens is 626 g/mol. The molecule has 5 heteroatoms. The van der Waals surface area contributed by atoms with Gasteiger partial charge in [-0.2, -0.15) is 0 Å². The number of nitrogens with one attached hydrogen (secondary N) is 1. The number of benzene rings is 7. The third kappa shape index (κ3) is 6.64. The Balaban J connectivity index is 1.35. The minimum atomic E-state index is -1.53. The summed E-state index contributed by atoms with van der Waals surface area (Å²) in [6.45, 7) is 0. The highest BCUT2D eigenvalue weighted by molar-refractivity contribution is 7.85. The van der Waals surface area contributed by atoms with E-state index in [1.54, 1.807) is 0 Å². The lowest BCUT2D eigenvalue weighted by atomic mass is 9.97. The number of rotatable bonds is 10. The Morgan fingerprint density at radius 1 is 0.521 bits per heavy atom. The Morgan fingerprint density at radius 3 is 1.67 bits per heavy atom. The lowest BCUT2D eigenvalue weighted by Crippen LogP contribution is -2.37. The van der Waals surface area contributed by atoms with Gasteiger partial charge in [-0.3, -0.25) is 9.00 Å². The van der Waals surface area contributed by atoms with Crippen LogP contribution in [-0.2, 0) is 10.8 Å². The summed E-state index contributed by atoms with van der Waals surface area (Å²) in [5.41, 5.74) is 2.39. The molecule has 3 nitrogen and oxygen atoms in total. The van der Waals surface area contributed by atoms with Gasteiger partial charge in [0, 0.05) is 10.5 Å². The molecule has 234 valence electrons. The first-order chi connectivity index (χ1) is 23.7. The summed E-state index contributed by atoms with van der Waals surface area (Å²) in [5.74, 6) is -0.199. The van der Waals surface area contributed by atoms with Crippen LogP contribution in [0.25, 0.3) is 10.8 Å². The van der Waals surface area contributed by atoms with E-state index in [2.05, 4.69) is 59.9 Å². The van der Waals surface area contributed by atoms with Crippen LogP contribution >= 0.6 is 7.92 Å². The molecule has 0 heterocycles. The van der Waals surface area contributed by atoms with Crippen LogP contribution in [0, 0.1) is 0 Å². The second-order valence-corrected chi connectivity index (χ2v) is 15.2. The largest absolute Gasteiger partial charge is 0.344 e. The van der Waals surface area contributed by atoms with Gasteiger partial charge in [0.1, 0.15) is 0 Å². The molecule has 3 atom stereocenters. The summed E-state index contributed by atoms with van der Waals surface area (Å²) >= 11 is 0. The van der Waals surface area contributed by atoms with E-state index in [9.17, 15) is 4.79 Å². The Kier molecular flexibility index (Phi) is 9.65. The molecule has 0 aromatic heterocycles. The first kappa shape index (κ1) is 31.4. The SMILES string of the molecule is O=C(N[C@@H](c1ccccc1)[C@@H](c1ccccc1)S(=O)c1cccc2ccccc12)c1ccccc1P(c1ccccc1)c1ccccc1. The molecule has 0 aliphatic rings. The third-order valence-corrected chi connectivity index (χ3v) is 12.8. The standard InChI is InChI=1S/C43H34NO2PS/c45-43(38-29-15-16-30-39(38)47(35-24-9-3-10-25-35)36-26-11-4-12-27-36)44-41(33-19-5-1-6-20-33)42(34-21-7-2-8-22-34)48(46)40-31-17-23-32-18-13-14-28-37(32)40/h1-31,41-42H,(H,44,45)/t41-,42+,48?/m0/s1. The van der Waals surface area contributed by atoms with E-state index in [-0.39, 0.29) is 5.91 Å². The highest BCUT2D eigenvalue weighted by Crippen LogP contribution is 2.40. The van der Waals surface area contributed by atoms with Crippen LogP contribution in [-0.4, -0.2) is 10.1 Å². The topological polar surface area (TPSA) is 46.2 Å².